The molecule has 4 heteroatoms. The normalized spacial score (nSPS) is 28.7. The molecule has 0 saturated heterocycles. The molecule has 4 N–H and O–H groups in total. The van der Waals surface area contributed by atoms with Crippen LogP contribution in [-0.4, -0.2) is 29.7 Å². The lowest BCUT2D eigenvalue weighted by molar-refractivity contribution is -0.143. The highest BCUT2D eigenvalue weighted by atomic mass is 16.4. The van der Waals surface area contributed by atoms with E-state index in [2.05, 4.69) is 5.32 Å². The van der Waals surface area contributed by atoms with Gasteiger partial charge >= 0.3 is 5.97 Å². The average molecular weight is 214 g/mol. The topological polar surface area (TPSA) is 75.3 Å². The molecule has 1 rings (SSSR count). The number of hydrogen-bond donors (Lipinski definition) is 3. The predicted octanol–water partition coefficient (Wildman–Crippen LogP) is 0.957. The Balaban J connectivity index is 2.33. The van der Waals surface area contributed by atoms with Gasteiger partial charge in [-0.05, 0) is 32.7 Å². The molecule has 3 unspecified atom stereocenters. The van der Waals surface area contributed by atoms with Gasteiger partial charge in [0, 0.05) is 12.1 Å². The van der Waals surface area contributed by atoms with E-state index < -0.39 is 5.97 Å². The van der Waals surface area contributed by atoms with Gasteiger partial charge in [-0.2, -0.15) is 0 Å². The van der Waals surface area contributed by atoms with Crippen molar-refractivity contribution in [3.63, 3.8) is 0 Å². The molecule has 1 saturated carbocycles. The van der Waals surface area contributed by atoms with Gasteiger partial charge in [-0.25, -0.2) is 0 Å². The second-order valence-corrected chi connectivity index (χ2v) is 4.56. The molecule has 15 heavy (non-hydrogen) atoms. The summed E-state index contributed by atoms with van der Waals surface area (Å²) < 4.78 is 0. The van der Waals surface area contributed by atoms with Crippen LogP contribution in [0.5, 0.6) is 0 Å². The minimum Gasteiger partial charge on any atom is -0.481 e. The summed E-state index contributed by atoms with van der Waals surface area (Å²) >= 11 is 0. The fraction of sp³-hybridized carbons (Fsp3) is 0.909. The summed E-state index contributed by atoms with van der Waals surface area (Å²) in [6.45, 7) is 2.79. The first kappa shape index (κ1) is 12.5. The third-order valence-electron chi connectivity index (χ3n) is 3.09. The lowest BCUT2D eigenvalue weighted by Gasteiger charge is -2.29. The number of rotatable bonds is 5. The zero-order valence-corrected chi connectivity index (χ0v) is 9.41. The quantitative estimate of drug-likeness (QED) is 0.637. The van der Waals surface area contributed by atoms with Crippen molar-refractivity contribution in [2.24, 2.45) is 11.7 Å². The van der Waals surface area contributed by atoms with Crippen LogP contribution in [-0.2, 0) is 4.79 Å². The second-order valence-electron chi connectivity index (χ2n) is 4.56. The summed E-state index contributed by atoms with van der Waals surface area (Å²) in [5.41, 5.74) is 5.65. The molecule has 0 radical (unpaired) electrons. The Hall–Kier alpha value is -0.610. The maximum atomic E-state index is 11.0. The molecule has 1 aliphatic rings. The molecule has 0 amide bonds. The smallest absolute Gasteiger partial charge is 0.308 e. The van der Waals surface area contributed by atoms with E-state index >= 15 is 0 Å². The average Bonchev–Trinajstić information content (AvgIpc) is 2.17. The highest BCUT2D eigenvalue weighted by Crippen LogP contribution is 2.24. The highest BCUT2D eigenvalue weighted by Gasteiger charge is 2.29. The summed E-state index contributed by atoms with van der Waals surface area (Å²) in [5, 5.41) is 12.4. The fourth-order valence-electron chi connectivity index (χ4n) is 2.17. The molecule has 0 bridgehead atoms. The Bertz CT molecular complexity index is 207. The zero-order chi connectivity index (χ0) is 11.3. The number of carbonyl (C=O) groups is 1. The Morgan fingerprint density at radius 3 is 2.80 bits per heavy atom. The van der Waals surface area contributed by atoms with E-state index in [1.807, 2.05) is 6.92 Å². The summed E-state index contributed by atoms with van der Waals surface area (Å²) in [6, 6.07) is 0.333. The summed E-state index contributed by atoms with van der Waals surface area (Å²) in [6.07, 6.45) is 4.88. The van der Waals surface area contributed by atoms with Crippen molar-refractivity contribution in [3.8, 4) is 0 Å². The first-order valence-electron chi connectivity index (χ1n) is 5.83. The van der Waals surface area contributed by atoms with Crippen LogP contribution >= 0.6 is 0 Å². The zero-order valence-electron chi connectivity index (χ0n) is 9.41. The molecule has 0 aromatic carbocycles. The van der Waals surface area contributed by atoms with Gasteiger partial charge in [0.15, 0.2) is 0 Å². The van der Waals surface area contributed by atoms with E-state index in [-0.39, 0.29) is 18.0 Å². The maximum absolute atomic E-state index is 11.0. The van der Waals surface area contributed by atoms with Crippen LogP contribution in [0.15, 0.2) is 0 Å². The molecule has 4 nitrogen and oxygen atoms in total. The Morgan fingerprint density at radius 2 is 2.20 bits per heavy atom. The minimum atomic E-state index is -0.659. The van der Waals surface area contributed by atoms with Crippen LogP contribution in [0.4, 0.5) is 0 Å². The van der Waals surface area contributed by atoms with Crippen LogP contribution in [0, 0.1) is 5.92 Å². The molecule has 0 heterocycles. The van der Waals surface area contributed by atoms with Gasteiger partial charge in [-0.15, -0.1) is 0 Å². The number of nitrogens with one attached hydrogen (secondary N) is 1. The lowest BCUT2D eigenvalue weighted by atomic mass is 9.84. The van der Waals surface area contributed by atoms with E-state index in [4.69, 9.17) is 10.8 Å². The second kappa shape index (κ2) is 6.08. The van der Waals surface area contributed by atoms with E-state index in [1.165, 1.54) is 0 Å². The third kappa shape index (κ3) is 4.18. The molecule has 0 aromatic heterocycles. The molecule has 1 fully saturated rings. The maximum Gasteiger partial charge on any atom is 0.308 e. The Morgan fingerprint density at radius 1 is 1.53 bits per heavy atom. The van der Waals surface area contributed by atoms with E-state index in [0.29, 0.717) is 0 Å². The molecular weight excluding hydrogens is 192 g/mol. The van der Waals surface area contributed by atoms with Crippen molar-refractivity contribution in [2.75, 3.05) is 6.54 Å². The van der Waals surface area contributed by atoms with Crippen LogP contribution in [0.25, 0.3) is 0 Å². The fourth-order valence-corrected chi connectivity index (χ4v) is 2.17. The van der Waals surface area contributed by atoms with Crippen molar-refractivity contribution in [3.05, 3.63) is 0 Å². The van der Waals surface area contributed by atoms with Gasteiger partial charge in [0.2, 0.25) is 0 Å². The van der Waals surface area contributed by atoms with Crippen molar-refractivity contribution >= 4 is 5.97 Å². The first-order chi connectivity index (χ1) is 7.11. The van der Waals surface area contributed by atoms with Crippen molar-refractivity contribution < 1.29 is 9.90 Å². The van der Waals surface area contributed by atoms with Crippen molar-refractivity contribution in [2.45, 2.75) is 51.1 Å². The van der Waals surface area contributed by atoms with Crippen LogP contribution in [0.2, 0.25) is 0 Å². The molecule has 0 aromatic rings. The van der Waals surface area contributed by atoms with Gasteiger partial charge in [-0.1, -0.05) is 12.8 Å². The minimum absolute atomic E-state index is 0.148. The molecule has 0 spiro atoms. The predicted molar refractivity (Wildman–Crippen MR) is 59.7 cm³/mol. The van der Waals surface area contributed by atoms with Gasteiger partial charge in [0.05, 0.1) is 5.92 Å². The molecule has 0 aliphatic heterocycles. The van der Waals surface area contributed by atoms with Crippen molar-refractivity contribution in [1.29, 1.82) is 0 Å². The van der Waals surface area contributed by atoms with Gasteiger partial charge in [0.25, 0.3) is 0 Å². The number of nitrogens with two attached hydrogens (primary N) is 1. The Labute approximate surface area is 91.2 Å². The van der Waals surface area contributed by atoms with Crippen molar-refractivity contribution in [1.82, 2.24) is 5.32 Å². The van der Waals surface area contributed by atoms with E-state index in [9.17, 15) is 4.79 Å². The summed E-state index contributed by atoms with van der Waals surface area (Å²) in [7, 11) is 0. The number of carboxylic acids is 1. The van der Waals surface area contributed by atoms with Gasteiger partial charge in [-0.3, -0.25) is 4.79 Å². The number of aliphatic carboxylic acids is 1. The van der Waals surface area contributed by atoms with Crippen LogP contribution in [0.3, 0.4) is 0 Å². The standard InChI is InChI=1S/C11H22N2O2/c1-8(12)6-7-13-10-5-3-2-4-9(10)11(14)15/h8-10,13H,2-7,12H2,1H3,(H,14,15). The van der Waals surface area contributed by atoms with E-state index in [1.54, 1.807) is 0 Å². The Kier molecular flexibility index (Phi) is 5.05. The molecule has 1 aliphatic carbocycles. The lowest BCUT2D eigenvalue weighted by Crippen LogP contribution is -2.43. The first-order valence-corrected chi connectivity index (χ1v) is 5.83. The third-order valence-corrected chi connectivity index (χ3v) is 3.09. The summed E-state index contributed by atoms with van der Waals surface area (Å²) in [4.78, 5) is 11.0. The molecular formula is C11H22N2O2. The van der Waals surface area contributed by atoms with Crippen LogP contribution in [0.1, 0.15) is 39.0 Å². The molecule has 88 valence electrons. The summed E-state index contributed by atoms with van der Waals surface area (Å²) in [5.74, 6) is -0.861. The largest absolute Gasteiger partial charge is 0.481 e. The number of hydrogen-bond acceptors (Lipinski definition) is 3. The highest BCUT2D eigenvalue weighted by molar-refractivity contribution is 5.71. The number of carboxylic acid groups (broad SMARTS) is 1. The van der Waals surface area contributed by atoms with Crippen LogP contribution < -0.4 is 11.1 Å². The molecule has 3 atom stereocenters. The monoisotopic (exact) mass is 214 g/mol. The van der Waals surface area contributed by atoms with Gasteiger partial charge < -0.3 is 16.2 Å². The SMILES string of the molecule is CC(N)CCNC1CCCCC1C(=O)O. The van der Waals surface area contributed by atoms with E-state index in [0.717, 1.165) is 38.6 Å². The van der Waals surface area contributed by atoms with Gasteiger partial charge in [0.1, 0.15) is 0 Å².